The molecule has 0 spiro atoms. The molecule has 2 fully saturated rings. The lowest BCUT2D eigenvalue weighted by molar-refractivity contribution is -0.152. The molecular formula is C16H18ClN7O3S. The topological polar surface area (TPSA) is 150 Å². The number of halogens is 1. The third-order valence-corrected chi connectivity index (χ3v) is 6.83. The van der Waals surface area contributed by atoms with Crippen molar-refractivity contribution in [3.8, 4) is 5.75 Å². The molecule has 2 aliphatic heterocycles. The van der Waals surface area contributed by atoms with Gasteiger partial charge in [0.15, 0.2) is 5.82 Å². The molecule has 1 aromatic heterocycles. The molecule has 2 amide bonds. The fraction of sp³-hybridized carbons (Fsp3) is 0.438. The number of H-pyrrole nitrogens is 1. The van der Waals surface area contributed by atoms with Crippen LogP contribution in [0.1, 0.15) is 37.3 Å². The Morgan fingerprint density at radius 2 is 2.25 bits per heavy atom. The molecule has 4 rings (SSSR count). The number of nitrogens with two attached hydrogens (primary N) is 1. The summed E-state index contributed by atoms with van der Waals surface area (Å²) in [5, 5.41) is 26.1. The zero-order valence-electron chi connectivity index (χ0n) is 15.0. The Kier molecular flexibility index (Phi) is 4.47. The summed E-state index contributed by atoms with van der Waals surface area (Å²) in [7, 11) is 0. The number of tetrazole rings is 1. The smallest absolute Gasteiger partial charge is 0.249 e. The van der Waals surface area contributed by atoms with Crippen LogP contribution in [0.4, 0.5) is 0 Å². The van der Waals surface area contributed by atoms with Gasteiger partial charge in [0, 0.05) is 4.75 Å². The number of nitrogens with zero attached hydrogens (tertiary/aromatic N) is 4. The Morgan fingerprint density at radius 3 is 2.89 bits per heavy atom. The van der Waals surface area contributed by atoms with Crippen LogP contribution in [-0.2, 0) is 9.59 Å². The van der Waals surface area contributed by atoms with E-state index in [-0.39, 0.29) is 32.8 Å². The van der Waals surface area contributed by atoms with Crippen molar-refractivity contribution < 1.29 is 14.7 Å². The minimum atomic E-state index is -1.02. The molecule has 2 saturated heterocycles. The second-order valence-corrected chi connectivity index (χ2v) is 9.38. The maximum Gasteiger partial charge on any atom is 0.249 e. The molecule has 0 bridgehead atoms. The van der Waals surface area contributed by atoms with E-state index in [0.717, 1.165) is 0 Å². The summed E-state index contributed by atoms with van der Waals surface area (Å²) in [5.41, 5.74) is 6.45. The monoisotopic (exact) mass is 423 g/mol. The summed E-state index contributed by atoms with van der Waals surface area (Å²) in [6.07, 6.45) is 0. The van der Waals surface area contributed by atoms with Crippen LogP contribution in [0.25, 0.3) is 0 Å². The fourth-order valence-corrected chi connectivity index (χ4v) is 5.38. The van der Waals surface area contributed by atoms with E-state index in [1.807, 2.05) is 13.8 Å². The number of benzene rings is 1. The van der Waals surface area contributed by atoms with Crippen molar-refractivity contribution in [3.63, 3.8) is 0 Å². The van der Waals surface area contributed by atoms with Gasteiger partial charge in [0.1, 0.15) is 29.2 Å². The van der Waals surface area contributed by atoms with Crippen molar-refractivity contribution in [2.24, 2.45) is 5.73 Å². The zero-order chi connectivity index (χ0) is 20.2. The first-order chi connectivity index (χ1) is 13.2. The summed E-state index contributed by atoms with van der Waals surface area (Å²) in [6, 6.07) is 2.26. The van der Waals surface area contributed by atoms with Gasteiger partial charge < -0.3 is 21.1 Å². The first-order valence-corrected chi connectivity index (χ1v) is 9.74. The number of rotatable bonds is 4. The molecule has 0 radical (unpaired) electrons. The lowest BCUT2D eigenvalue weighted by Gasteiger charge is -2.44. The number of aromatic amines is 1. The normalized spacial score (nSPS) is 26.5. The molecule has 12 heteroatoms. The molecule has 148 valence electrons. The minimum absolute atomic E-state index is 0.0973. The van der Waals surface area contributed by atoms with E-state index in [1.165, 1.54) is 18.2 Å². The summed E-state index contributed by atoms with van der Waals surface area (Å²) >= 11 is 7.44. The molecule has 0 saturated carbocycles. The van der Waals surface area contributed by atoms with Crippen LogP contribution in [0.2, 0.25) is 5.02 Å². The van der Waals surface area contributed by atoms with Gasteiger partial charge in [-0.05, 0) is 31.5 Å². The van der Waals surface area contributed by atoms with E-state index in [0.29, 0.717) is 11.4 Å². The van der Waals surface area contributed by atoms with Gasteiger partial charge in [-0.15, -0.1) is 22.0 Å². The molecule has 2 aliphatic rings. The van der Waals surface area contributed by atoms with Crippen LogP contribution < -0.4 is 11.1 Å². The number of carbonyl (C=O) groups excluding carboxylic acids is 2. The number of thioether (sulfide) groups is 1. The quantitative estimate of drug-likeness (QED) is 0.518. The number of aromatic nitrogens is 4. The molecular weight excluding hydrogens is 406 g/mol. The van der Waals surface area contributed by atoms with Crippen LogP contribution >= 0.6 is 23.4 Å². The first kappa shape index (κ1) is 19.0. The molecule has 10 nitrogen and oxygen atoms in total. The molecule has 1 aromatic carbocycles. The van der Waals surface area contributed by atoms with E-state index < -0.39 is 18.0 Å². The van der Waals surface area contributed by atoms with E-state index in [2.05, 4.69) is 25.9 Å². The Morgan fingerprint density at radius 1 is 1.50 bits per heavy atom. The van der Waals surface area contributed by atoms with E-state index in [1.54, 1.807) is 16.7 Å². The van der Waals surface area contributed by atoms with Crippen molar-refractivity contribution in [3.05, 3.63) is 34.6 Å². The van der Waals surface area contributed by atoms with E-state index >= 15 is 0 Å². The highest BCUT2D eigenvalue weighted by atomic mass is 35.5. The van der Waals surface area contributed by atoms with Crippen molar-refractivity contribution in [2.45, 2.75) is 42.1 Å². The number of fused-ring (bicyclic) bond motifs is 1. The number of hydrogen-bond donors (Lipinski definition) is 4. The van der Waals surface area contributed by atoms with Crippen LogP contribution in [-0.4, -0.2) is 58.6 Å². The molecule has 0 unspecified atom stereocenters. The Bertz CT molecular complexity index is 938. The lowest BCUT2D eigenvalue weighted by Crippen LogP contribution is -2.68. The zero-order valence-corrected chi connectivity index (χ0v) is 16.5. The molecule has 5 N–H and O–H groups in total. The second-order valence-electron chi connectivity index (χ2n) is 7.20. The molecule has 2 aromatic rings. The molecule has 0 aliphatic carbocycles. The maximum atomic E-state index is 12.7. The van der Waals surface area contributed by atoms with Gasteiger partial charge in [-0.2, -0.15) is 5.21 Å². The van der Waals surface area contributed by atoms with Crippen LogP contribution in [0.5, 0.6) is 5.75 Å². The van der Waals surface area contributed by atoms with Gasteiger partial charge in [-0.25, -0.2) is 0 Å². The third-order valence-electron chi connectivity index (χ3n) is 4.96. The Balaban J connectivity index is 1.49. The Labute approximate surface area is 169 Å². The molecule has 3 heterocycles. The largest absolute Gasteiger partial charge is 0.506 e. The third kappa shape index (κ3) is 2.90. The van der Waals surface area contributed by atoms with Crippen molar-refractivity contribution >= 4 is 35.2 Å². The van der Waals surface area contributed by atoms with Gasteiger partial charge in [0.2, 0.25) is 11.8 Å². The van der Waals surface area contributed by atoms with Crippen LogP contribution in [0, 0.1) is 0 Å². The summed E-state index contributed by atoms with van der Waals surface area (Å²) in [5.74, 6) is -0.378. The Hall–Kier alpha value is -2.37. The predicted molar refractivity (Wildman–Crippen MR) is 101 cm³/mol. The van der Waals surface area contributed by atoms with Gasteiger partial charge in [-0.3, -0.25) is 9.59 Å². The number of nitrogens with one attached hydrogen (secondary N) is 2. The first-order valence-electron chi connectivity index (χ1n) is 8.48. The maximum absolute atomic E-state index is 12.7. The van der Waals surface area contributed by atoms with E-state index in [9.17, 15) is 14.7 Å². The van der Waals surface area contributed by atoms with Gasteiger partial charge >= 0.3 is 0 Å². The minimum Gasteiger partial charge on any atom is -0.506 e. The SMILES string of the molecule is CC1(C)S[C@@H]2[C@H](NC(=O)[C@H](N)c3ccc(O)c(Cl)c3)C(=O)N2[C@H]1c1nn[nH]n1. The van der Waals surface area contributed by atoms with Crippen LogP contribution in [0.15, 0.2) is 18.2 Å². The number of phenols is 1. The fourth-order valence-electron chi connectivity index (χ4n) is 3.56. The average molecular weight is 424 g/mol. The number of β-lactam (4-membered cyclic amide) rings is 1. The summed E-state index contributed by atoms with van der Waals surface area (Å²) in [6.45, 7) is 3.99. The van der Waals surface area contributed by atoms with Gasteiger partial charge in [0.05, 0.1) is 5.02 Å². The van der Waals surface area contributed by atoms with Crippen molar-refractivity contribution in [1.82, 2.24) is 30.8 Å². The summed E-state index contributed by atoms with van der Waals surface area (Å²) in [4.78, 5) is 27.0. The lowest BCUT2D eigenvalue weighted by atomic mass is 9.95. The summed E-state index contributed by atoms with van der Waals surface area (Å²) < 4.78 is -0.351. The highest BCUT2D eigenvalue weighted by molar-refractivity contribution is 8.01. The number of amides is 2. The highest BCUT2D eigenvalue weighted by Gasteiger charge is 2.63. The molecule has 4 atom stereocenters. The number of hydrogen-bond acceptors (Lipinski definition) is 8. The van der Waals surface area contributed by atoms with Crippen molar-refractivity contribution in [2.75, 3.05) is 0 Å². The average Bonchev–Trinajstić information content (AvgIpc) is 3.25. The van der Waals surface area contributed by atoms with Gasteiger partial charge in [0.25, 0.3) is 0 Å². The molecule has 28 heavy (non-hydrogen) atoms. The standard InChI is InChI=1S/C16H18ClN7O3S/c1-16(2)11(12-20-22-23-21-12)24-14(27)10(15(24)28-16)19-13(26)9(18)6-3-4-8(25)7(17)5-6/h3-5,9-11,15,25H,18H2,1-2H3,(H,19,26)(H,20,21,22,23)/t9-,10-,11+,15-/m1/s1. The number of carbonyl (C=O) groups is 2. The van der Waals surface area contributed by atoms with E-state index in [4.69, 9.17) is 17.3 Å². The second kappa shape index (κ2) is 6.61. The predicted octanol–water partition coefficient (Wildman–Crippen LogP) is 0.478. The van der Waals surface area contributed by atoms with Crippen molar-refractivity contribution in [1.29, 1.82) is 0 Å². The highest BCUT2D eigenvalue weighted by Crippen LogP contribution is 2.56. The number of aromatic hydroxyl groups is 1. The number of phenolic OH excluding ortho intramolecular Hbond substituents is 1. The van der Waals surface area contributed by atoms with Crippen LogP contribution in [0.3, 0.4) is 0 Å². The van der Waals surface area contributed by atoms with Gasteiger partial charge in [-0.1, -0.05) is 22.9 Å².